The molecule has 3 aliphatic rings. The van der Waals surface area contributed by atoms with Crippen molar-refractivity contribution in [2.75, 3.05) is 31.7 Å². The first kappa shape index (κ1) is 31.3. The molecule has 2 amide bonds. The Bertz CT molecular complexity index is 1460. The Hall–Kier alpha value is -3.65. The van der Waals surface area contributed by atoms with E-state index in [0.717, 1.165) is 54.8 Å². The van der Waals surface area contributed by atoms with E-state index >= 15 is 0 Å². The van der Waals surface area contributed by atoms with Crippen LogP contribution in [0.3, 0.4) is 0 Å². The van der Waals surface area contributed by atoms with E-state index in [1.54, 1.807) is 7.11 Å². The van der Waals surface area contributed by atoms with E-state index in [1.807, 2.05) is 6.20 Å². The van der Waals surface area contributed by atoms with Crippen LogP contribution in [0.4, 0.5) is 5.69 Å². The van der Waals surface area contributed by atoms with Gasteiger partial charge in [-0.25, -0.2) is 0 Å². The third kappa shape index (κ3) is 7.43. The van der Waals surface area contributed by atoms with Gasteiger partial charge in [-0.3, -0.25) is 14.3 Å². The van der Waals surface area contributed by atoms with Crippen molar-refractivity contribution in [1.29, 1.82) is 0 Å². The third-order valence-electron chi connectivity index (χ3n) is 10.3. The molecule has 45 heavy (non-hydrogen) atoms. The molecule has 2 N–H and O–H groups in total. The minimum Gasteiger partial charge on any atom is -0.496 e. The first-order chi connectivity index (χ1) is 21.9. The smallest absolute Gasteiger partial charge is 0.230 e. The van der Waals surface area contributed by atoms with Crippen LogP contribution in [-0.2, 0) is 9.59 Å². The Morgan fingerprint density at radius 1 is 0.956 bits per heavy atom. The number of methoxy groups -OCH3 is 1. The number of aryl methyl sites for hydroxylation is 1. The van der Waals surface area contributed by atoms with E-state index < -0.39 is 0 Å². The lowest BCUT2D eigenvalue weighted by Gasteiger charge is -2.36. The summed E-state index contributed by atoms with van der Waals surface area (Å²) in [5.41, 5.74) is 5.68. The molecule has 0 spiro atoms. The van der Waals surface area contributed by atoms with Crippen molar-refractivity contribution in [2.24, 2.45) is 17.8 Å². The molecular weight excluding hydrogens is 564 g/mol. The zero-order chi connectivity index (χ0) is 31.3. The number of benzene rings is 2. The topological polar surface area (TPSA) is 96.7 Å². The summed E-state index contributed by atoms with van der Waals surface area (Å²) in [5, 5.41) is 16.5. The number of carbonyl (C=O) groups is 2. The van der Waals surface area contributed by atoms with Gasteiger partial charge in [0, 0.05) is 42.4 Å². The molecule has 1 aromatic heterocycles. The van der Waals surface area contributed by atoms with E-state index in [2.05, 4.69) is 75.6 Å². The van der Waals surface area contributed by atoms with Gasteiger partial charge in [-0.2, -0.15) is 5.10 Å². The molecule has 2 aromatic carbocycles. The third-order valence-corrected chi connectivity index (χ3v) is 10.3. The SMILES string of the molecule is COc1ccc(C2CCC(CN(C(=O)C3CCC(C(=O)NCCO)CC3)c3cccc(-c4cnn(C5CC5)c4)c3)CC2)cc1C. The van der Waals surface area contributed by atoms with Crippen LogP contribution in [0, 0.1) is 24.7 Å². The maximum Gasteiger partial charge on any atom is 0.230 e. The highest BCUT2D eigenvalue weighted by molar-refractivity contribution is 5.96. The zero-order valence-electron chi connectivity index (χ0n) is 26.8. The quantitative estimate of drug-likeness (QED) is 0.260. The number of aliphatic hydroxyl groups excluding tert-OH is 1. The molecule has 0 atom stereocenters. The predicted molar refractivity (Wildman–Crippen MR) is 176 cm³/mol. The molecule has 3 aliphatic carbocycles. The second kappa shape index (κ2) is 14.2. The molecule has 240 valence electrons. The first-order valence-corrected chi connectivity index (χ1v) is 16.9. The van der Waals surface area contributed by atoms with E-state index in [0.29, 0.717) is 43.6 Å². The van der Waals surface area contributed by atoms with Gasteiger partial charge in [0.05, 0.1) is 26.0 Å². The van der Waals surface area contributed by atoms with Gasteiger partial charge >= 0.3 is 0 Å². The van der Waals surface area contributed by atoms with Crippen molar-refractivity contribution in [2.45, 2.75) is 83.1 Å². The molecule has 0 bridgehead atoms. The van der Waals surface area contributed by atoms with Gasteiger partial charge in [-0.1, -0.05) is 24.3 Å². The maximum atomic E-state index is 14.3. The molecule has 8 heteroatoms. The molecule has 0 aliphatic heterocycles. The fraction of sp³-hybridized carbons (Fsp3) is 0.541. The average molecular weight is 613 g/mol. The van der Waals surface area contributed by atoms with Crippen LogP contribution in [0.1, 0.15) is 87.3 Å². The zero-order valence-corrected chi connectivity index (χ0v) is 26.8. The number of nitrogens with one attached hydrogen (secondary N) is 1. The average Bonchev–Trinajstić information content (AvgIpc) is 3.81. The van der Waals surface area contributed by atoms with Crippen LogP contribution in [0.2, 0.25) is 0 Å². The molecule has 0 saturated heterocycles. The standard InChI is InChI=1S/C37H48N4O4/c1-25-20-31(14-17-35(25)45-2)27-8-6-26(7-9-27)23-40(37(44)29-12-10-28(11-13-29)36(43)38-18-19-42)34-5-3-4-30(21-34)32-22-39-41(24-32)33-15-16-33/h3-5,14,17,20-22,24,26-29,33,42H,6-13,15-16,18-19,23H2,1-2H3,(H,38,43). The van der Waals surface area contributed by atoms with E-state index in [9.17, 15) is 9.59 Å². The molecule has 3 fully saturated rings. The Morgan fingerprint density at radius 3 is 2.40 bits per heavy atom. The summed E-state index contributed by atoms with van der Waals surface area (Å²) in [5.74, 6) is 1.91. The van der Waals surface area contributed by atoms with Crippen LogP contribution >= 0.6 is 0 Å². The lowest BCUT2D eigenvalue weighted by molar-refractivity contribution is -0.129. The summed E-state index contributed by atoms with van der Waals surface area (Å²) in [7, 11) is 1.72. The van der Waals surface area contributed by atoms with Crippen molar-refractivity contribution in [1.82, 2.24) is 15.1 Å². The van der Waals surface area contributed by atoms with Gasteiger partial charge in [-0.15, -0.1) is 0 Å². The highest BCUT2D eigenvalue weighted by atomic mass is 16.5. The first-order valence-electron chi connectivity index (χ1n) is 16.9. The number of aliphatic hydroxyl groups is 1. The lowest BCUT2D eigenvalue weighted by Crippen LogP contribution is -2.42. The number of amides is 2. The van der Waals surface area contributed by atoms with Crippen molar-refractivity contribution in [3.63, 3.8) is 0 Å². The minimum absolute atomic E-state index is 0.00457. The summed E-state index contributed by atoms with van der Waals surface area (Å²) >= 11 is 0. The largest absolute Gasteiger partial charge is 0.496 e. The van der Waals surface area contributed by atoms with Crippen molar-refractivity contribution < 1.29 is 19.4 Å². The number of hydrogen-bond donors (Lipinski definition) is 2. The van der Waals surface area contributed by atoms with Crippen LogP contribution in [-0.4, -0.2) is 53.5 Å². The lowest BCUT2D eigenvalue weighted by atomic mass is 9.77. The van der Waals surface area contributed by atoms with Gasteiger partial charge < -0.3 is 20.1 Å². The summed E-state index contributed by atoms with van der Waals surface area (Å²) in [6, 6.07) is 15.5. The number of rotatable bonds is 11. The van der Waals surface area contributed by atoms with Gasteiger partial charge in [0.25, 0.3) is 0 Å². The Balaban J connectivity index is 1.17. The van der Waals surface area contributed by atoms with E-state index in [4.69, 9.17) is 9.84 Å². The number of anilines is 1. The molecule has 1 heterocycles. The molecule has 0 radical (unpaired) electrons. The van der Waals surface area contributed by atoms with Gasteiger partial charge in [0.15, 0.2) is 0 Å². The molecule has 3 aromatic rings. The molecule has 3 saturated carbocycles. The molecular formula is C37H48N4O4. The summed E-state index contributed by atoms with van der Waals surface area (Å²) in [4.78, 5) is 28.9. The fourth-order valence-corrected chi connectivity index (χ4v) is 7.44. The molecule has 0 unspecified atom stereocenters. The maximum absolute atomic E-state index is 14.3. The van der Waals surface area contributed by atoms with Crippen LogP contribution in [0.5, 0.6) is 5.75 Å². The van der Waals surface area contributed by atoms with Crippen molar-refractivity contribution in [3.05, 3.63) is 66.0 Å². The molecule has 8 nitrogen and oxygen atoms in total. The van der Waals surface area contributed by atoms with Gasteiger partial charge in [0.2, 0.25) is 11.8 Å². The second-order valence-corrected chi connectivity index (χ2v) is 13.4. The van der Waals surface area contributed by atoms with Crippen LogP contribution in [0.15, 0.2) is 54.9 Å². The van der Waals surface area contributed by atoms with Crippen LogP contribution in [0.25, 0.3) is 11.1 Å². The minimum atomic E-state index is -0.0909. The second-order valence-electron chi connectivity index (χ2n) is 13.4. The van der Waals surface area contributed by atoms with Crippen molar-refractivity contribution >= 4 is 17.5 Å². The Kier molecular flexibility index (Phi) is 9.88. The Labute approximate surface area is 267 Å². The normalized spacial score (nSPS) is 23.4. The monoisotopic (exact) mass is 612 g/mol. The van der Waals surface area contributed by atoms with Crippen LogP contribution < -0.4 is 15.0 Å². The highest BCUT2D eigenvalue weighted by Gasteiger charge is 2.34. The van der Waals surface area contributed by atoms with Gasteiger partial charge in [-0.05, 0) is 118 Å². The van der Waals surface area contributed by atoms with E-state index in [1.165, 1.54) is 24.0 Å². The van der Waals surface area contributed by atoms with Crippen molar-refractivity contribution in [3.8, 4) is 16.9 Å². The summed E-state index contributed by atoms with van der Waals surface area (Å²) in [6.07, 6.45) is 13.7. The number of hydrogen-bond acceptors (Lipinski definition) is 5. The van der Waals surface area contributed by atoms with Gasteiger partial charge in [0.1, 0.15) is 5.75 Å². The Morgan fingerprint density at radius 2 is 1.71 bits per heavy atom. The predicted octanol–water partition coefficient (Wildman–Crippen LogP) is 6.42. The highest BCUT2D eigenvalue weighted by Crippen LogP contribution is 2.40. The summed E-state index contributed by atoms with van der Waals surface area (Å²) < 4.78 is 7.55. The number of nitrogens with zero attached hydrogens (tertiary/aromatic N) is 3. The van der Waals surface area contributed by atoms with E-state index in [-0.39, 0.29) is 36.8 Å². The molecule has 6 rings (SSSR count). The fourth-order valence-electron chi connectivity index (χ4n) is 7.44. The number of carbonyl (C=O) groups excluding carboxylic acids is 2. The number of ether oxygens (including phenoxy) is 1. The number of aromatic nitrogens is 2. The summed E-state index contributed by atoms with van der Waals surface area (Å²) in [6.45, 7) is 3.05.